The second-order valence-electron chi connectivity index (χ2n) is 6.81. The average Bonchev–Trinajstić information content (AvgIpc) is 3.20. The molecule has 0 aliphatic carbocycles. The van der Waals surface area contributed by atoms with Gasteiger partial charge in [0.1, 0.15) is 0 Å². The number of amides is 1. The first-order valence-electron chi connectivity index (χ1n) is 9.49. The van der Waals surface area contributed by atoms with E-state index in [0.29, 0.717) is 17.2 Å². The zero-order chi connectivity index (χ0) is 19.9. The third-order valence-corrected chi connectivity index (χ3v) is 5.08. The summed E-state index contributed by atoms with van der Waals surface area (Å²) >= 11 is 0. The van der Waals surface area contributed by atoms with E-state index in [9.17, 15) is 4.79 Å². The second kappa shape index (κ2) is 9.31. The fourth-order valence-corrected chi connectivity index (χ4v) is 3.69. The maximum atomic E-state index is 12.8. The van der Waals surface area contributed by atoms with Gasteiger partial charge in [-0.05, 0) is 48.6 Å². The van der Waals surface area contributed by atoms with Gasteiger partial charge in [0.15, 0.2) is 11.5 Å². The molecular weight excluding hydrogens is 354 g/mol. The van der Waals surface area contributed by atoms with Crippen LogP contribution in [0.15, 0.2) is 48.5 Å². The third-order valence-electron chi connectivity index (χ3n) is 5.08. The Bertz CT molecular complexity index is 807. The van der Waals surface area contributed by atoms with Crippen molar-refractivity contribution >= 4 is 12.0 Å². The SMILES string of the molecule is COc1cc(/C=C/C(=O)N2CCCC2Cc2ccccc2)cc(OC)c1OC. The number of methoxy groups -OCH3 is 3. The third kappa shape index (κ3) is 4.47. The quantitative estimate of drug-likeness (QED) is 0.681. The molecule has 148 valence electrons. The van der Waals surface area contributed by atoms with Crippen LogP contribution in [-0.4, -0.2) is 44.7 Å². The summed E-state index contributed by atoms with van der Waals surface area (Å²) in [5.74, 6) is 1.71. The van der Waals surface area contributed by atoms with Crippen LogP contribution < -0.4 is 14.2 Å². The molecule has 5 nitrogen and oxygen atoms in total. The topological polar surface area (TPSA) is 48.0 Å². The zero-order valence-electron chi connectivity index (χ0n) is 16.7. The zero-order valence-corrected chi connectivity index (χ0v) is 16.7. The van der Waals surface area contributed by atoms with Gasteiger partial charge in [-0.25, -0.2) is 0 Å². The molecule has 2 aromatic carbocycles. The lowest BCUT2D eigenvalue weighted by Gasteiger charge is -2.23. The molecule has 3 rings (SSSR count). The monoisotopic (exact) mass is 381 g/mol. The fraction of sp³-hybridized carbons (Fsp3) is 0.348. The summed E-state index contributed by atoms with van der Waals surface area (Å²) in [5, 5.41) is 0. The van der Waals surface area contributed by atoms with E-state index < -0.39 is 0 Å². The molecule has 0 spiro atoms. The van der Waals surface area contributed by atoms with Crippen LogP contribution in [-0.2, 0) is 11.2 Å². The van der Waals surface area contributed by atoms with E-state index >= 15 is 0 Å². The maximum absolute atomic E-state index is 12.8. The number of rotatable bonds is 7. The molecule has 1 unspecified atom stereocenters. The van der Waals surface area contributed by atoms with Gasteiger partial charge in [-0.3, -0.25) is 4.79 Å². The number of benzene rings is 2. The number of nitrogens with zero attached hydrogens (tertiary/aromatic N) is 1. The largest absolute Gasteiger partial charge is 0.493 e. The maximum Gasteiger partial charge on any atom is 0.246 e. The van der Waals surface area contributed by atoms with Crippen LogP contribution in [0.4, 0.5) is 0 Å². The van der Waals surface area contributed by atoms with Gasteiger partial charge >= 0.3 is 0 Å². The highest BCUT2D eigenvalue weighted by molar-refractivity contribution is 5.92. The predicted octanol–water partition coefficient (Wildman–Crippen LogP) is 3.96. The van der Waals surface area contributed by atoms with Gasteiger partial charge in [0, 0.05) is 18.7 Å². The smallest absolute Gasteiger partial charge is 0.246 e. The number of hydrogen-bond acceptors (Lipinski definition) is 4. The van der Waals surface area contributed by atoms with Crippen molar-refractivity contribution in [3.63, 3.8) is 0 Å². The highest BCUT2D eigenvalue weighted by Crippen LogP contribution is 2.38. The van der Waals surface area contributed by atoms with Crippen molar-refractivity contribution in [3.05, 3.63) is 59.7 Å². The van der Waals surface area contributed by atoms with Crippen molar-refractivity contribution in [1.29, 1.82) is 0 Å². The Morgan fingerprint density at radius 3 is 2.36 bits per heavy atom. The number of hydrogen-bond donors (Lipinski definition) is 0. The Morgan fingerprint density at radius 2 is 1.75 bits per heavy atom. The van der Waals surface area contributed by atoms with E-state index in [0.717, 1.165) is 31.4 Å². The van der Waals surface area contributed by atoms with Crippen molar-refractivity contribution < 1.29 is 19.0 Å². The second-order valence-corrected chi connectivity index (χ2v) is 6.81. The molecule has 1 fully saturated rings. The summed E-state index contributed by atoms with van der Waals surface area (Å²) in [5.41, 5.74) is 2.09. The number of carbonyl (C=O) groups excluding carboxylic acids is 1. The van der Waals surface area contributed by atoms with Crippen molar-refractivity contribution in [2.24, 2.45) is 0 Å². The van der Waals surface area contributed by atoms with E-state index in [1.165, 1.54) is 5.56 Å². The summed E-state index contributed by atoms with van der Waals surface area (Å²) < 4.78 is 16.1. The molecular formula is C23H27NO4. The predicted molar refractivity (Wildman–Crippen MR) is 110 cm³/mol. The molecule has 28 heavy (non-hydrogen) atoms. The first-order valence-corrected chi connectivity index (χ1v) is 9.49. The molecule has 1 saturated heterocycles. The standard InChI is InChI=1S/C23H27NO4/c1-26-20-15-18(16-21(27-2)23(20)28-3)11-12-22(25)24-13-7-10-19(24)14-17-8-5-4-6-9-17/h4-6,8-9,11-12,15-16,19H,7,10,13-14H2,1-3H3/b12-11+. The van der Waals surface area contributed by atoms with Crippen molar-refractivity contribution in [2.75, 3.05) is 27.9 Å². The summed E-state index contributed by atoms with van der Waals surface area (Å²) in [7, 11) is 4.72. The van der Waals surface area contributed by atoms with Crippen molar-refractivity contribution in [2.45, 2.75) is 25.3 Å². The molecule has 0 saturated carbocycles. The van der Waals surface area contributed by atoms with Gasteiger partial charge in [0.05, 0.1) is 21.3 Å². The van der Waals surface area contributed by atoms with E-state index in [1.807, 2.05) is 35.2 Å². The summed E-state index contributed by atoms with van der Waals surface area (Å²) in [6, 6.07) is 14.2. The summed E-state index contributed by atoms with van der Waals surface area (Å²) in [6.45, 7) is 0.802. The van der Waals surface area contributed by atoms with Gasteiger partial charge in [-0.2, -0.15) is 0 Å². The molecule has 0 radical (unpaired) electrons. The van der Waals surface area contributed by atoms with Gasteiger partial charge in [0.25, 0.3) is 0 Å². The van der Waals surface area contributed by atoms with Crippen LogP contribution in [0.1, 0.15) is 24.0 Å². The lowest BCUT2D eigenvalue weighted by atomic mass is 10.0. The highest BCUT2D eigenvalue weighted by Gasteiger charge is 2.27. The minimum atomic E-state index is 0.0344. The Kier molecular flexibility index (Phi) is 6.58. The molecule has 0 aromatic heterocycles. The van der Waals surface area contributed by atoms with Crippen LogP contribution in [0, 0.1) is 0 Å². The Morgan fingerprint density at radius 1 is 1.07 bits per heavy atom. The molecule has 1 heterocycles. The molecule has 5 heteroatoms. The van der Waals surface area contributed by atoms with Crippen LogP contribution in [0.2, 0.25) is 0 Å². The van der Waals surface area contributed by atoms with Gasteiger partial charge in [-0.15, -0.1) is 0 Å². The Balaban J connectivity index is 1.74. The average molecular weight is 381 g/mol. The van der Waals surface area contributed by atoms with E-state index in [-0.39, 0.29) is 11.9 Å². The lowest BCUT2D eigenvalue weighted by molar-refractivity contribution is -0.126. The van der Waals surface area contributed by atoms with Crippen LogP contribution in [0.5, 0.6) is 17.2 Å². The molecule has 1 atom stereocenters. The lowest BCUT2D eigenvalue weighted by Crippen LogP contribution is -2.35. The minimum Gasteiger partial charge on any atom is -0.493 e. The van der Waals surface area contributed by atoms with E-state index in [1.54, 1.807) is 33.5 Å². The fourth-order valence-electron chi connectivity index (χ4n) is 3.69. The van der Waals surface area contributed by atoms with Crippen LogP contribution in [0.25, 0.3) is 6.08 Å². The summed E-state index contributed by atoms with van der Waals surface area (Å²) in [6.07, 6.45) is 6.40. The molecule has 0 N–H and O–H groups in total. The highest BCUT2D eigenvalue weighted by atomic mass is 16.5. The van der Waals surface area contributed by atoms with Crippen molar-refractivity contribution in [3.8, 4) is 17.2 Å². The number of carbonyl (C=O) groups is 1. The molecule has 1 aliphatic rings. The van der Waals surface area contributed by atoms with Gasteiger partial charge < -0.3 is 19.1 Å². The van der Waals surface area contributed by atoms with Crippen LogP contribution in [0.3, 0.4) is 0 Å². The summed E-state index contributed by atoms with van der Waals surface area (Å²) in [4.78, 5) is 14.8. The Hall–Kier alpha value is -2.95. The Labute approximate surface area is 166 Å². The van der Waals surface area contributed by atoms with Gasteiger partial charge in [0.2, 0.25) is 11.7 Å². The van der Waals surface area contributed by atoms with Crippen molar-refractivity contribution in [1.82, 2.24) is 4.90 Å². The number of likely N-dealkylation sites (tertiary alicyclic amines) is 1. The van der Waals surface area contributed by atoms with Gasteiger partial charge in [-0.1, -0.05) is 30.3 Å². The minimum absolute atomic E-state index is 0.0344. The molecule has 2 aromatic rings. The first kappa shape index (κ1) is 19.8. The first-order chi connectivity index (χ1) is 13.7. The molecule has 0 bridgehead atoms. The van der Waals surface area contributed by atoms with E-state index in [4.69, 9.17) is 14.2 Å². The number of ether oxygens (including phenoxy) is 3. The normalized spacial score (nSPS) is 16.4. The van der Waals surface area contributed by atoms with E-state index in [2.05, 4.69) is 12.1 Å². The van der Waals surface area contributed by atoms with Crippen LogP contribution >= 0.6 is 0 Å². The molecule has 1 amide bonds. The molecule has 1 aliphatic heterocycles.